The van der Waals surface area contributed by atoms with Gasteiger partial charge in [-0.2, -0.15) is 0 Å². The van der Waals surface area contributed by atoms with E-state index in [9.17, 15) is 4.79 Å². The SMILES string of the molecule is C=C(NOCc1ccc(C(=O)Nc2ccccc2N)s1)c1ccc(Cl)c(Cl)c1. The van der Waals surface area contributed by atoms with E-state index in [-0.39, 0.29) is 12.5 Å². The minimum absolute atomic E-state index is 0.220. The van der Waals surface area contributed by atoms with Crippen LogP contribution < -0.4 is 16.5 Å². The molecule has 5 nitrogen and oxygen atoms in total. The number of para-hydroxylation sites is 2. The number of hydrogen-bond donors (Lipinski definition) is 3. The van der Waals surface area contributed by atoms with Crippen molar-refractivity contribution in [1.82, 2.24) is 5.48 Å². The lowest BCUT2D eigenvalue weighted by Crippen LogP contribution is -2.12. The molecule has 0 aliphatic rings. The van der Waals surface area contributed by atoms with Crippen LogP contribution in [0.4, 0.5) is 11.4 Å². The predicted molar refractivity (Wildman–Crippen MR) is 117 cm³/mol. The molecule has 0 saturated heterocycles. The van der Waals surface area contributed by atoms with Crippen molar-refractivity contribution in [1.29, 1.82) is 0 Å². The Balaban J connectivity index is 1.53. The summed E-state index contributed by atoms with van der Waals surface area (Å²) >= 11 is 13.2. The normalized spacial score (nSPS) is 10.5. The molecule has 144 valence electrons. The van der Waals surface area contributed by atoms with Crippen molar-refractivity contribution in [2.75, 3.05) is 11.1 Å². The molecule has 8 heteroatoms. The van der Waals surface area contributed by atoms with E-state index in [0.717, 1.165) is 10.4 Å². The fraction of sp³-hybridized carbons (Fsp3) is 0.0500. The number of nitrogen functional groups attached to an aromatic ring is 1. The molecule has 4 N–H and O–H groups in total. The Labute approximate surface area is 176 Å². The van der Waals surface area contributed by atoms with Gasteiger partial charge in [-0.3, -0.25) is 15.1 Å². The zero-order chi connectivity index (χ0) is 20.1. The van der Waals surface area contributed by atoms with Crippen molar-refractivity contribution >= 4 is 57.5 Å². The maximum Gasteiger partial charge on any atom is 0.265 e. The van der Waals surface area contributed by atoms with Crippen LogP contribution in [-0.2, 0) is 11.4 Å². The Kier molecular flexibility index (Phi) is 6.59. The zero-order valence-electron chi connectivity index (χ0n) is 14.7. The van der Waals surface area contributed by atoms with Gasteiger partial charge in [0.2, 0.25) is 0 Å². The fourth-order valence-electron chi connectivity index (χ4n) is 2.31. The number of thiophene rings is 1. The van der Waals surface area contributed by atoms with Gasteiger partial charge in [0, 0.05) is 10.4 Å². The third kappa shape index (κ3) is 5.05. The minimum Gasteiger partial charge on any atom is -0.397 e. The molecule has 1 heterocycles. The second kappa shape index (κ2) is 9.12. The second-order valence-corrected chi connectivity index (χ2v) is 7.79. The van der Waals surface area contributed by atoms with Crippen LogP contribution in [0.15, 0.2) is 61.2 Å². The number of halogens is 2. The van der Waals surface area contributed by atoms with Gasteiger partial charge >= 0.3 is 0 Å². The van der Waals surface area contributed by atoms with Gasteiger partial charge in [-0.25, -0.2) is 0 Å². The molecule has 0 aliphatic carbocycles. The van der Waals surface area contributed by atoms with Gasteiger partial charge in [-0.1, -0.05) is 48.0 Å². The van der Waals surface area contributed by atoms with Gasteiger partial charge in [0.1, 0.15) is 6.61 Å². The van der Waals surface area contributed by atoms with E-state index in [0.29, 0.717) is 32.0 Å². The lowest BCUT2D eigenvalue weighted by molar-refractivity contribution is 0.0666. The maximum absolute atomic E-state index is 12.4. The molecule has 0 unspecified atom stereocenters. The lowest BCUT2D eigenvalue weighted by Gasteiger charge is -2.10. The molecule has 3 rings (SSSR count). The van der Waals surface area contributed by atoms with E-state index in [1.165, 1.54) is 11.3 Å². The van der Waals surface area contributed by atoms with Gasteiger partial charge < -0.3 is 11.1 Å². The number of amides is 1. The summed E-state index contributed by atoms with van der Waals surface area (Å²) < 4.78 is 0. The molecule has 0 spiro atoms. The molecule has 0 aliphatic heterocycles. The molecule has 0 fully saturated rings. The third-order valence-corrected chi connectivity index (χ3v) is 5.57. The number of carbonyl (C=O) groups excluding carboxylic acids is 1. The van der Waals surface area contributed by atoms with Gasteiger partial charge in [-0.05, 0) is 36.4 Å². The zero-order valence-corrected chi connectivity index (χ0v) is 17.0. The minimum atomic E-state index is -0.220. The number of carbonyl (C=O) groups is 1. The Bertz CT molecular complexity index is 1020. The van der Waals surface area contributed by atoms with Crippen molar-refractivity contribution < 1.29 is 9.63 Å². The number of hydroxylamine groups is 1. The Morgan fingerprint density at radius 1 is 1.11 bits per heavy atom. The standard InChI is InChI=1S/C20H17Cl2N3O2S/c1-12(13-6-8-15(21)16(22)10-13)25-27-11-14-7-9-19(28-14)20(26)24-18-5-3-2-4-17(18)23/h2-10,25H,1,11,23H2,(H,24,26). The van der Waals surface area contributed by atoms with E-state index in [2.05, 4.69) is 17.4 Å². The van der Waals surface area contributed by atoms with E-state index in [4.69, 9.17) is 33.8 Å². The molecule has 3 aromatic rings. The number of anilines is 2. The molecule has 0 radical (unpaired) electrons. The first kappa shape index (κ1) is 20.2. The van der Waals surface area contributed by atoms with Crippen molar-refractivity contribution in [2.24, 2.45) is 0 Å². The number of nitrogens with two attached hydrogens (primary N) is 1. The molecule has 0 atom stereocenters. The van der Waals surface area contributed by atoms with E-state index in [1.54, 1.807) is 36.4 Å². The Morgan fingerprint density at radius 3 is 2.64 bits per heavy atom. The summed E-state index contributed by atoms with van der Waals surface area (Å²) in [7, 11) is 0. The number of nitrogens with one attached hydrogen (secondary N) is 2. The topological polar surface area (TPSA) is 76.4 Å². The highest BCUT2D eigenvalue weighted by Crippen LogP contribution is 2.25. The van der Waals surface area contributed by atoms with Crippen LogP contribution in [0.3, 0.4) is 0 Å². The van der Waals surface area contributed by atoms with E-state index in [1.807, 2.05) is 18.2 Å². The van der Waals surface area contributed by atoms with Crippen LogP contribution in [0.5, 0.6) is 0 Å². The summed E-state index contributed by atoms with van der Waals surface area (Å²) in [6.45, 7) is 4.17. The molecule has 0 saturated carbocycles. The molecular formula is C20H17Cl2N3O2S. The Hall–Kier alpha value is -2.51. The van der Waals surface area contributed by atoms with Gasteiger partial charge in [0.05, 0.1) is 32.0 Å². The second-order valence-electron chi connectivity index (χ2n) is 5.81. The fourth-order valence-corrected chi connectivity index (χ4v) is 3.42. The maximum atomic E-state index is 12.4. The van der Waals surface area contributed by atoms with E-state index >= 15 is 0 Å². The summed E-state index contributed by atoms with van der Waals surface area (Å²) in [5, 5.41) is 3.71. The molecule has 1 aromatic heterocycles. The van der Waals surface area contributed by atoms with Crippen molar-refractivity contribution in [2.45, 2.75) is 6.61 Å². The van der Waals surface area contributed by atoms with Crippen LogP contribution >= 0.6 is 34.5 Å². The number of hydrogen-bond acceptors (Lipinski definition) is 5. The largest absolute Gasteiger partial charge is 0.397 e. The summed E-state index contributed by atoms with van der Waals surface area (Å²) in [5.41, 5.74) is 11.0. The summed E-state index contributed by atoms with van der Waals surface area (Å²) in [6.07, 6.45) is 0. The average molecular weight is 434 g/mol. The Morgan fingerprint density at radius 2 is 1.89 bits per heavy atom. The lowest BCUT2D eigenvalue weighted by atomic mass is 10.2. The van der Waals surface area contributed by atoms with E-state index < -0.39 is 0 Å². The van der Waals surface area contributed by atoms with Crippen LogP contribution in [0.25, 0.3) is 5.70 Å². The highest BCUT2D eigenvalue weighted by molar-refractivity contribution is 7.14. The average Bonchev–Trinajstić information content (AvgIpc) is 3.15. The van der Waals surface area contributed by atoms with Gasteiger partial charge in [-0.15, -0.1) is 11.3 Å². The van der Waals surface area contributed by atoms with Crippen molar-refractivity contribution in [3.63, 3.8) is 0 Å². The molecule has 28 heavy (non-hydrogen) atoms. The van der Waals surface area contributed by atoms with Gasteiger partial charge in [0.15, 0.2) is 0 Å². The molecule has 0 bridgehead atoms. The molecule has 1 amide bonds. The quantitative estimate of drug-likeness (QED) is 0.335. The first-order valence-electron chi connectivity index (χ1n) is 8.20. The first-order chi connectivity index (χ1) is 13.4. The summed E-state index contributed by atoms with van der Waals surface area (Å²) in [5.74, 6) is -0.220. The first-order valence-corrected chi connectivity index (χ1v) is 9.78. The monoisotopic (exact) mass is 433 g/mol. The third-order valence-electron chi connectivity index (χ3n) is 3.77. The summed E-state index contributed by atoms with van der Waals surface area (Å²) in [4.78, 5) is 19.3. The number of rotatable bonds is 7. The van der Waals surface area contributed by atoms with Crippen LogP contribution in [0, 0.1) is 0 Å². The van der Waals surface area contributed by atoms with Crippen LogP contribution in [0.1, 0.15) is 20.1 Å². The predicted octanol–water partition coefficient (Wildman–Crippen LogP) is 5.58. The molecular weight excluding hydrogens is 417 g/mol. The van der Waals surface area contributed by atoms with Gasteiger partial charge in [0.25, 0.3) is 5.91 Å². The van der Waals surface area contributed by atoms with Crippen LogP contribution in [-0.4, -0.2) is 5.91 Å². The highest BCUT2D eigenvalue weighted by atomic mass is 35.5. The smallest absolute Gasteiger partial charge is 0.265 e. The molecule has 2 aromatic carbocycles. The van der Waals surface area contributed by atoms with Crippen molar-refractivity contribution in [3.05, 3.63) is 86.5 Å². The van der Waals surface area contributed by atoms with Crippen molar-refractivity contribution in [3.8, 4) is 0 Å². The summed E-state index contributed by atoms with van der Waals surface area (Å²) in [6, 6.07) is 15.9. The van der Waals surface area contributed by atoms with Crippen LogP contribution in [0.2, 0.25) is 10.0 Å². The highest BCUT2D eigenvalue weighted by Gasteiger charge is 2.11. The number of benzene rings is 2.